The Morgan fingerprint density at radius 1 is 1.39 bits per heavy atom. The van der Waals surface area contributed by atoms with Crippen LogP contribution in [0.1, 0.15) is 30.5 Å². The Labute approximate surface area is 112 Å². The Morgan fingerprint density at radius 3 is 2.61 bits per heavy atom. The molecule has 0 saturated heterocycles. The van der Waals surface area contributed by atoms with Gasteiger partial charge in [0.05, 0.1) is 18.2 Å². The van der Waals surface area contributed by atoms with Gasteiger partial charge in [-0.15, -0.1) is 0 Å². The van der Waals surface area contributed by atoms with Crippen LogP contribution in [0.5, 0.6) is 0 Å². The van der Waals surface area contributed by atoms with Crippen molar-refractivity contribution in [1.29, 1.82) is 0 Å². The van der Waals surface area contributed by atoms with Crippen LogP contribution in [0.2, 0.25) is 0 Å². The number of rotatable bonds is 5. The molecule has 0 bridgehead atoms. The highest BCUT2D eigenvalue weighted by Gasteiger charge is 2.34. The summed E-state index contributed by atoms with van der Waals surface area (Å²) in [6.45, 7) is 2.50. The average Bonchev–Trinajstić information content (AvgIpc) is 2.28. The van der Waals surface area contributed by atoms with Gasteiger partial charge in [0, 0.05) is 11.1 Å². The van der Waals surface area contributed by atoms with E-state index in [9.17, 15) is 13.2 Å². The maximum Gasteiger partial charge on any atom is 0.416 e. The fraction of sp³-hybridized carbons (Fsp3) is 0.500. The number of benzene rings is 1. The molecule has 0 amide bonds. The van der Waals surface area contributed by atoms with Gasteiger partial charge in [-0.3, -0.25) is 0 Å². The summed E-state index contributed by atoms with van der Waals surface area (Å²) in [4.78, 5) is 0. The van der Waals surface area contributed by atoms with Crippen molar-refractivity contribution in [2.45, 2.75) is 25.6 Å². The molecule has 0 saturated carbocycles. The van der Waals surface area contributed by atoms with E-state index in [1.54, 1.807) is 6.07 Å². The van der Waals surface area contributed by atoms with Crippen molar-refractivity contribution < 1.29 is 17.9 Å². The maximum atomic E-state index is 12.9. The molecule has 18 heavy (non-hydrogen) atoms. The summed E-state index contributed by atoms with van der Waals surface area (Å²) in [5, 5.41) is 0. The van der Waals surface area contributed by atoms with Gasteiger partial charge in [0.15, 0.2) is 0 Å². The van der Waals surface area contributed by atoms with Crippen LogP contribution in [-0.4, -0.2) is 13.2 Å². The zero-order valence-electron chi connectivity index (χ0n) is 9.93. The maximum absolute atomic E-state index is 12.9. The zero-order valence-corrected chi connectivity index (χ0v) is 11.5. The van der Waals surface area contributed by atoms with Gasteiger partial charge in [0.25, 0.3) is 0 Å². The second-order valence-corrected chi connectivity index (χ2v) is 4.83. The molecule has 1 unspecified atom stereocenters. The van der Waals surface area contributed by atoms with E-state index in [1.807, 2.05) is 6.92 Å². The minimum absolute atomic E-state index is 0.0572. The molecule has 1 aromatic rings. The second-order valence-electron chi connectivity index (χ2n) is 3.91. The van der Waals surface area contributed by atoms with E-state index in [1.165, 1.54) is 6.07 Å². The van der Waals surface area contributed by atoms with Gasteiger partial charge in [-0.25, -0.2) is 0 Å². The van der Waals surface area contributed by atoms with Crippen molar-refractivity contribution in [1.82, 2.24) is 0 Å². The monoisotopic (exact) mass is 325 g/mol. The van der Waals surface area contributed by atoms with Crippen LogP contribution in [0, 0.1) is 0 Å². The summed E-state index contributed by atoms with van der Waals surface area (Å²) in [5.74, 6) is 0. The van der Waals surface area contributed by atoms with E-state index in [0.717, 1.165) is 12.5 Å². The highest BCUT2D eigenvalue weighted by atomic mass is 79.9. The fourth-order valence-electron chi connectivity index (χ4n) is 1.54. The first-order valence-corrected chi connectivity index (χ1v) is 6.35. The molecule has 2 nitrogen and oxygen atoms in total. The number of hydrogen-bond acceptors (Lipinski definition) is 2. The largest absolute Gasteiger partial charge is 0.416 e. The molecule has 1 atom stereocenters. The van der Waals surface area contributed by atoms with Crippen molar-refractivity contribution in [3.63, 3.8) is 0 Å². The number of hydrogen-bond donors (Lipinski definition) is 1. The van der Waals surface area contributed by atoms with Gasteiger partial charge in [-0.2, -0.15) is 13.2 Å². The third kappa shape index (κ3) is 4.26. The third-order valence-corrected chi connectivity index (χ3v) is 2.86. The van der Waals surface area contributed by atoms with Crippen LogP contribution in [0.25, 0.3) is 0 Å². The van der Waals surface area contributed by atoms with E-state index in [4.69, 9.17) is 10.5 Å². The van der Waals surface area contributed by atoms with Gasteiger partial charge in [-0.1, -0.05) is 28.9 Å². The highest BCUT2D eigenvalue weighted by Crippen LogP contribution is 2.35. The van der Waals surface area contributed by atoms with E-state index < -0.39 is 17.8 Å². The molecular formula is C12H15BrF3NO. The Kier molecular flexibility index (Phi) is 5.62. The Hall–Kier alpha value is -0.590. The van der Waals surface area contributed by atoms with Crippen molar-refractivity contribution in [3.8, 4) is 0 Å². The predicted molar refractivity (Wildman–Crippen MR) is 67.2 cm³/mol. The normalized spacial score (nSPS) is 13.7. The summed E-state index contributed by atoms with van der Waals surface area (Å²) in [7, 11) is 0. The lowest BCUT2D eigenvalue weighted by molar-refractivity contribution is -0.138. The quantitative estimate of drug-likeness (QED) is 0.833. The second kappa shape index (κ2) is 6.54. The van der Waals surface area contributed by atoms with Gasteiger partial charge in [-0.05, 0) is 24.1 Å². The molecule has 1 rings (SSSR count). The molecule has 0 radical (unpaired) electrons. The molecule has 0 heterocycles. The summed E-state index contributed by atoms with van der Waals surface area (Å²) in [5.41, 5.74) is 5.08. The van der Waals surface area contributed by atoms with Crippen LogP contribution in [-0.2, 0) is 10.9 Å². The van der Waals surface area contributed by atoms with E-state index in [0.29, 0.717) is 11.1 Å². The summed E-state index contributed by atoms with van der Waals surface area (Å²) in [6.07, 6.45) is -3.61. The van der Waals surface area contributed by atoms with Crippen molar-refractivity contribution in [2.24, 2.45) is 5.73 Å². The van der Waals surface area contributed by atoms with Crippen LogP contribution in [0.4, 0.5) is 13.2 Å². The third-order valence-electron chi connectivity index (χ3n) is 2.37. The Balaban J connectivity index is 2.93. The zero-order chi connectivity index (χ0) is 13.8. The SMILES string of the molecule is CCCOCC(N)c1ccc(Br)cc1C(F)(F)F. The van der Waals surface area contributed by atoms with Crippen LogP contribution in [0.15, 0.2) is 22.7 Å². The smallest absolute Gasteiger partial charge is 0.379 e. The molecule has 1 aromatic carbocycles. The lowest BCUT2D eigenvalue weighted by Gasteiger charge is -2.18. The van der Waals surface area contributed by atoms with Crippen molar-refractivity contribution >= 4 is 15.9 Å². The molecule has 0 aliphatic carbocycles. The number of nitrogens with two attached hydrogens (primary N) is 1. The molecule has 6 heteroatoms. The van der Waals surface area contributed by atoms with Crippen molar-refractivity contribution in [3.05, 3.63) is 33.8 Å². The van der Waals surface area contributed by atoms with Crippen LogP contribution in [0.3, 0.4) is 0 Å². The summed E-state index contributed by atoms with van der Waals surface area (Å²) < 4.78 is 44.1. The summed E-state index contributed by atoms with van der Waals surface area (Å²) in [6, 6.07) is 3.19. The van der Waals surface area contributed by atoms with Gasteiger partial charge in [0.1, 0.15) is 0 Å². The van der Waals surface area contributed by atoms with Crippen molar-refractivity contribution in [2.75, 3.05) is 13.2 Å². The highest BCUT2D eigenvalue weighted by molar-refractivity contribution is 9.10. The molecule has 0 fully saturated rings. The molecule has 0 aliphatic rings. The number of ether oxygens (including phenoxy) is 1. The van der Waals surface area contributed by atoms with Gasteiger partial charge in [0.2, 0.25) is 0 Å². The predicted octanol–water partition coefficient (Wildman–Crippen LogP) is 3.89. The first kappa shape index (κ1) is 15.5. The minimum Gasteiger partial charge on any atom is -0.379 e. The summed E-state index contributed by atoms with van der Waals surface area (Å²) >= 11 is 3.03. The molecule has 0 spiro atoms. The van der Waals surface area contributed by atoms with E-state index >= 15 is 0 Å². The lowest BCUT2D eigenvalue weighted by atomic mass is 10.0. The first-order chi connectivity index (χ1) is 8.36. The van der Waals surface area contributed by atoms with Crippen LogP contribution < -0.4 is 5.73 Å². The molecule has 2 N–H and O–H groups in total. The van der Waals surface area contributed by atoms with Crippen LogP contribution >= 0.6 is 15.9 Å². The molecular weight excluding hydrogens is 311 g/mol. The van der Waals surface area contributed by atoms with Gasteiger partial charge < -0.3 is 10.5 Å². The Bertz CT molecular complexity index is 395. The Morgan fingerprint density at radius 2 is 2.06 bits per heavy atom. The van der Waals surface area contributed by atoms with Gasteiger partial charge >= 0.3 is 6.18 Å². The average molecular weight is 326 g/mol. The fourth-order valence-corrected chi connectivity index (χ4v) is 1.90. The molecule has 0 aromatic heterocycles. The number of halogens is 4. The van der Waals surface area contributed by atoms with E-state index in [2.05, 4.69) is 15.9 Å². The first-order valence-electron chi connectivity index (χ1n) is 5.56. The topological polar surface area (TPSA) is 35.2 Å². The molecule has 0 aliphatic heterocycles. The number of alkyl halides is 3. The van der Waals surface area contributed by atoms with E-state index in [-0.39, 0.29) is 12.2 Å². The lowest BCUT2D eigenvalue weighted by Crippen LogP contribution is -2.22. The minimum atomic E-state index is -4.42. The molecule has 102 valence electrons. The standard InChI is InChI=1S/C12H15BrF3NO/c1-2-5-18-7-11(17)9-4-3-8(13)6-10(9)12(14,15)16/h3-4,6,11H,2,5,7,17H2,1H3.